The standard InChI is InChI=1S/C14H10F4S3/c1-19-7-3-9(15)13(10(16)4-7)21-14-11(17)5-8(20-2)6-12(14)18/h3-6H,1-2H3. The largest absolute Gasteiger partial charge is 0.206 e. The van der Waals surface area contributed by atoms with E-state index in [4.69, 9.17) is 0 Å². The summed E-state index contributed by atoms with van der Waals surface area (Å²) in [6.45, 7) is 0. The van der Waals surface area contributed by atoms with Crippen molar-refractivity contribution in [1.82, 2.24) is 0 Å². The van der Waals surface area contributed by atoms with Gasteiger partial charge in [-0.2, -0.15) is 0 Å². The molecule has 2 aromatic carbocycles. The lowest BCUT2D eigenvalue weighted by Crippen LogP contribution is -1.93. The molecule has 0 bridgehead atoms. The van der Waals surface area contributed by atoms with Crippen molar-refractivity contribution in [2.24, 2.45) is 0 Å². The summed E-state index contributed by atoms with van der Waals surface area (Å²) in [5, 5.41) is 0. The summed E-state index contributed by atoms with van der Waals surface area (Å²) >= 11 is 2.78. The summed E-state index contributed by atoms with van der Waals surface area (Å²) in [6, 6.07) is 4.56. The molecule has 7 heteroatoms. The fourth-order valence-corrected chi connectivity index (χ4v) is 3.32. The van der Waals surface area contributed by atoms with Crippen molar-refractivity contribution in [3.8, 4) is 0 Å². The molecule has 112 valence electrons. The molecule has 0 spiro atoms. The third kappa shape index (κ3) is 3.70. The molecule has 0 heterocycles. The molecule has 0 aliphatic heterocycles. The van der Waals surface area contributed by atoms with Crippen molar-refractivity contribution in [2.75, 3.05) is 12.5 Å². The molecular weight excluding hydrogens is 340 g/mol. The molecule has 0 nitrogen and oxygen atoms in total. The minimum atomic E-state index is -0.836. The van der Waals surface area contributed by atoms with Crippen LogP contribution in [-0.2, 0) is 0 Å². The van der Waals surface area contributed by atoms with Gasteiger partial charge in [-0.15, -0.1) is 23.5 Å². The lowest BCUT2D eigenvalue weighted by molar-refractivity contribution is 0.525. The highest BCUT2D eigenvalue weighted by molar-refractivity contribution is 7.99. The van der Waals surface area contributed by atoms with Crippen LogP contribution in [0.25, 0.3) is 0 Å². The first kappa shape index (κ1) is 16.6. The Morgan fingerprint density at radius 1 is 0.619 bits per heavy atom. The molecule has 0 aliphatic rings. The monoisotopic (exact) mass is 350 g/mol. The topological polar surface area (TPSA) is 0 Å². The molecule has 0 N–H and O–H groups in total. The normalized spacial score (nSPS) is 11.0. The second-order valence-corrected chi connectivity index (χ2v) is 6.72. The number of hydrogen-bond donors (Lipinski definition) is 0. The number of rotatable bonds is 4. The number of halogens is 4. The zero-order valence-electron chi connectivity index (χ0n) is 11.0. The Balaban J connectivity index is 2.43. The Kier molecular flexibility index (Phi) is 5.51. The van der Waals surface area contributed by atoms with Gasteiger partial charge in [0.25, 0.3) is 0 Å². The van der Waals surface area contributed by atoms with Crippen LogP contribution in [0.5, 0.6) is 0 Å². The SMILES string of the molecule is CSc1cc(F)c(Sc2c(F)cc(SC)cc2F)c(F)c1. The Bertz CT molecular complexity index is 570. The van der Waals surface area contributed by atoms with E-state index in [1.165, 1.54) is 23.5 Å². The van der Waals surface area contributed by atoms with Gasteiger partial charge in [0.15, 0.2) is 0 Å². The minimum Gasteiger partial charge on any atom is -0.206 e. The molecule has 0 unspecified atom stereocenters. The minimum absolute atomic E-state index is 0.410. The lowest BCUT2D eigenvalue weighted by atomic mass is 10.3. The maximum atomic E-state index is 13.9. The molecule has 0 fully saturated rings. The summed E-state index contributed by atoms with van der Waals surface area (Å²) in [6.07, 6.45) is 3.36. The van der Waals surface area contributed by atoms with Crippen LogP contribution in [0.15, 0.2) is 43.8 Å². The van der Waals surface area contributed by atoms with Gasteiger partial charge in [-0.05, 0) is 36.8 Å². The van der Waals surface area contributed by atoms with E-state index < -0.39 is 33.1 Å². The predicted octanol–water partition coefficient (Wildman–Crippen LogP) is 5.84. The summed E-state index contributed by atoms with van der Waals surface area (Å²) < 4.78 is 55.5. The first-order chi connectivity index (χ1) is 9.96. The molecule has 0 saturated heterocycles. The summed E-state index contributed by atoms with van der Waals surface area (Å²) in [7, 11) is 0. The van der Waals surface area contributed by atoms with Gasteiger partial charge in [0, 0.05) is 9.79 Å². The highest BCUT2D eigenvalue weighted by Gasteiger charge is 2.18. The molecule has 21 heavy (non-hydrogen) atoms. The molecule has 0 atom stereocenters. The Morgan fingerprint density at radius 2 is 0.905 bits per heavy atom. The van der Waals surface area contributed by atoms with E-state index in [2.05, 4.69) is 0 Å². The van der Waals surface area contributed by atoms with E-state index in [1.807, 2.05) is 0 Å². The average molecular weight is 350 g/mol. The smallest absolute Gasteiger partial charge is 0.141 e. The Morgan fingerprint density at radius 3 is 1.14 bits per heavy atom. The summed E-state index contributed by atoms with van der Waals surface area (Å²) in [5.41, 5.74) is 0. The second-order valence-electron chi connectivity index (χ2n) is 3.94. The van der Waals surface area contributed by atoms with Gasteiger partial charge in [-0.1, -0.05) is 11.8 Å². The quantitative estimate of drug-likeness (QED) is 0.502. The van der Waals surface area contributed by atoms with Crippen LogP contribution in [0.3, 0.4) is 0 Å². The van der Waals surface area contributed by atoms with Crippen LogP contribution in [0.4, 0.5) is 17.6 Å². The van der Waals surface area contributed by atoms with Gasteiger partial charge in [0.05, 0.1) is 9.79 Å². The Labute approximate surface area is 132 Å². The first-order valence-corrected chi connectivity index (χ1v) is 8.96. The van der Waals surface area contributed by atoms with E-state index >= 15 is 0 Å². The van der Waals surface area contributed by atoms with Crippen molar-refractivity contribution in [3.63, 3.8) is 0 Å². The average Bonchev–Trinajstić information content (AvgIpc) is 2.44. The summed E-state index contributed by atoms with van der Waals surface area (Å²) in [4.78, 5) is -0.00828. The maximum Gasteiger partial charge on any atom is 0.141 e. The highest BCUT2D eigenvalue weighted by Crippen LogP contribution is 2.38. The first-order valence-electron chi connectivity index (χ1n) is 5.70. The molecule has 2 aromatic rings. The van der Waals surface area contributed by atoms with E-state index in [0.717, 1.165) is 24.3 Å². The van der Waals surface area contributed by atoms with Crippen molar-refractivity contribution < 1.29 is 17.6 Å². The molecule has 0 amide bonds. The number of benzene rings is 2. The molecule has 0 aromatic heterocycles. The van der Waals surface area contributed by atoms with Gasteiger partial charge in [-0.3, -0.25) is 0 Å². The van der Waals surface area contributed by atoms with E-state index in [1.54, 1.807) is 12.5 Å². The maximum absolute atomic E-state index is 13.9. The molecule has 2 rings (SSSR count). The van der Waals surface area contributed by atoms with Crippen molar-refractivity contribution in [3.05, 3.63) is 47.5 Å². The van der Waals surface area contributed by atoms with E-state index in [-0.39, 0.29) is 0 Å². The van der Waals surface area contributed by atoms with Crippen LogP contribution in [0, 0.1) is 23.3 Å². The second kappa shape index (κ2) is 6.98. The van der Waals surface area contributed by atoms with Gasteiger partial charge in [0.1, 0.15) is 23.3 Å². The number of hydrogen-bond acceptors (Lipinski definition) is 3. The van der Waals surface area contributed by atoms with Crippen LogP contribution in [-0.4, -0.2) is 12.5 Å². The van der Waals surface area contributed by atoms with Crippen molar-refractivity contribution in [1.29, 1.82) is 0 Å². The lowest BCUT2D eigenvalue weighted by Gasteiger charge is -2.09. The zero-order valence-corrected chi connectivity index (χ0v) is 13.5. The third-order valence-corrected chi connectivity index (χ3v) is 5.22. The third-order valence-electron chi connectivity index (χ3n) is 2.62. The molecule has 0 aliphatic carbocycles. The van der Waals surface area contributed by atoms with Crippen LogP contribution >= 0.6 is 35.3 Å². The van der Waals surface area contributed by atoms with Gasteiger partial charge in [0.2, 0.25) is 0 Å². The van der Waals surface area contributed by atoms with E-state index in [0.29, 0.717) is 21.6 Å². The molecule has 0 radical (unpaired) electrons. The summed E-state index contributed by atoms with van der Waals surface area (Å²) in [5.74, 6) is -3.34. The van der Waals surface area contributed by atoms with Gasteiger partial charge >= 0.3 is 0 Å². The fourth-order valence-electron chi connectivity index (χ4n) is 1.61. The molecule has 0 saturated carbocycles. The number of thioether (sulfide) groups is 2. The van der Waals surface area contributed by atoms with Gasteiger partial charge in [-0.25, -0.2) is 17.6 Å². The zero-order chi connectivity index (χ0) is 15.6. The Hall–Kier alpha value is -0.790. The van der Waals surface area contributed by atoms with Gasteiger partial charge < -0.3 is 0 Å². The van der Waals surface area contributed by atoms with Crippen LogP contribution in [0.2, 0.25) is 0 Å². The van der Waals surface area contributed by atoms with Crippen molar-refractivity contribution >= 4 is 35.3 Å². The van der Waals surface area contributed by atoms with Crippen LogP contribution in [0.1, 0.15) is 0 Å². The van der Waals surface area contributed by atoms with Crippen molar-refractivity contribution in [2.45, 2.75) is 19.6 Å². The van der Waals surface area contributed by atoms with E-state index in [9.17, 15) is 17.6 Å². The van der Waals surface area contributed by atoms with Crippen LogP contribution < -0.4 is 0 Å². The fraction of sp³-hybridized carbons (Fsp3) is 0.143. The highest BCUT2D eigenvalue weighted by atomic mass is 32.2. The molecular formula is C14H10F4S3. The predicted molar refractivity (Wildman–Crippen MR) is 80.4 cm³/mol.